The molecule has 24 heavy (non-hydrogen) atoms. The Hall–Kier alpha value is -2.19. The molecule has 0 unspecified atom stereocenters. The summed E-state index contributed by atoms with van der Waals surface area (Å²) in [7, 11) is 0. The summed E-state index contributed by atoms with van der Waals surface area (Å²) in [4.78, 5) is 36.0. The van der Waals surface area contributed by atoms with Crippen LogP contribution in [0.4, 0.5) is 0 Å². The number of hydrogen-bond donors (Lipinski definition) is 2. The average molecular weight is 365 g/mol. The number of benzene rings is 1. The van der Waals surface area contributed by atoms with Gasteiger partial charge in [-0.25, -0.2) is 4.79 Å². The third kappa shape index (κ3) is 4.21. The summed E-state index contributed by atoms with van der Waals surface area (Å²) in [5.41, 5.74) is 1.84. The lowest BCUT2D eigenvalue weighted by Gasteiger charge is -2.22. The van der Waals surface area contributed by atoms with Crippen LogP contribution in [0.1, 0.15) is 24.0 Å². The Balaban J connectivity index is 2.26. The number of nitrogens with zero attached hydrogens (tertiary/aromatic N) is 1. The lowest BCUT2D eigenvalue weighted by molar-refractivity contribution is -0.146. The van der Waals surface area contributed by atoms with Crippen LogP contribution in [0.25, 0.3) is 6.08 Å². The Bertz CT molecular complexity index is 744. The van der Waals surface area contributed by atoms with Gasteiger partial charge in [0.1, 0.15) is 10.4 Å². The Morgan fingerprint density at radius 3 is 2.67 bits per heavy atom. The van der Waals surface area contributed by atoms with Crippen molar-refractivity contribution in [2.24, 2.45) is 0 Å². The Morgan fingerprint density at radius 1 is 1.38 bits per heavy atom. The smallest absolute Gasteiger partial charge is 0.326 e. The van der Waals surface area contributed by atoms with Gasteiger partial charge in [-0.05, 0) is 25.0 Å². The van der Waals surface area contributed by atoms with Gasteiger partial charge in [0, 0.05) is 6.42 Å². The minimum absolute atomic E-state index is 0.122. The maximum absolute atomic E-state index is 12.5. The molecule has 1 aliphatic heterocycles. The molecule has 0 bridgehead atoms. The fourth-order valence-electron chi connectivity index (χ4n) is 2.28. The minimum atomic E-state index is -1.28. The van der Waals surface area contributed by atoms with Gasteiger partial charge in [-0.3, -0.25) is 14.5 Å². The number of carbonyl (C=O) groups is 3. The molecule has 0 aromatic heterocycles. The van der Waals surface area contributed by atoms with Gasteiger partial charge in [0.05, 0.1) is 4.91 Å². The van der Waals surface area contributed by atoms with Crippen molar-refractivity contribution in [1.82, 2.24) is 4.90 Å². The lowest BCUT2D eigenvalue weighted by Crippen LogP contribution is -2.44. The molecule has 126 valence electrons. The van der Waals surface area contributed by atoms with Crippen LogP contribution >= 0.6 is 24.0 Å². The van der Waals surface area contributed by atoms with Gasteiger partial charge in [-0.1, -0.05) is 53.8 Å². The standard InChI is InChI=1S/C16H15NO5S2/c1-9-3-2-4-10(7-9)8-12-14(20)17(16(23)24-12)11(15(21)22)5-6-13(18)19/h2-4,7-8,11H,5-6H2,1H3,(H,18,19)(H,21,22)/b12-8-/t11-/m1/s1. The predicted octanol–water partition coefficient (Wildman–Crippen LogP) is 2.51. The Kier molecular flexibility index (Phi) is 5.74. The number of rotatable bonds is 6. The van der Waals surface area contributed by atoms with Crippen molar-refractivity contribution in [1.29, 1.82) is 0 Å². The second-order valence-corrected chi connectivity index (χ2v) is 6.93. The first-order chi connectivity index (χ1) is 11.3. The maximum atomic E-state index is 12.5. The first-order valence-electron chi connectivity index (χ1n) is 7.08. The molecule has 1 atom stereocenters. The molecule has 6 nitrogen and oxygen atoms in total. The number of hydrogen-bond acceptors (Lipinski definition) is 5. The molecule has 0 saturated carbocycles. The lowest BCUT2D eigenvalue weighted by atomic mass is 10.1. The summed E-state index contributed by atoms with van der Waals surface area (Å²) in [6, 6.07) is 6.23. The van der Waals surface area contributed by atoms with Crippen molar-refractivity contribution in [3.63, 3.8) is 0 Å². The van der Waals surface area contributed by atoms with E-state index in [2.05, 4.69) is 0 Å². The molecular weight excluding hydrogens is 350 g/mol. The number of carboxylic acids is 2. The fourth-order valence-corrected chi connectivity index (χ4v) is 3.64. The number of amides is 1. The van der Waals surface area contributed by atoms with Gasteiger partial charge in [0.15, 0.2) is 0 Å². The van der Waals surface area contributed by atoms with E-state index in [-0.39, 0.29) is 17.2 Å². The first kappa shape index (κ1) is 18.2. The summed E-state index contributed by atoms with van der Waals surface area (Å²) < 4.78 is 0.122. The highest BCUT2D eigenvalue weighted by atomic mass is 32.2. The van der Waals surface area contributed by atoms with E-state index in [1.54, 1.807) is 6.08 Å². The molecule has 1 fully saturated rings. The number of carboxylic acid groups (broad SMARTS) is 2. The van der Waals surface area contributed by atoms with Gasteiger partial charge in [0.2, 0.25) is 0 Å². The van der Waals surface area contributed by atoms with E-state index in [9.17, 15) is 19.5 Å². The van der Waals surface area contributed by atoms with Crippen LogP contribution in [0, 0.1) is 6.92 Å². The second kappa shape index (κ2) is 7.59. The topological polar surface area (TPSA) is 94.9 Å². The second-order valence-electron chi connectivity index (χ2n) is 5.25. The minimum Gasteiger partial charge on any atom is -0.481 e. The van der Waals surface area contributed by atoms with Gasteiger partial charge in [0.25, 0.3) is 5.91 Å². The number of thioether (sulfide) groups is 1. The van der Waals surface area contributed by atoms with Gasteiger partial charge in [-0.15, -0.1) is 0 Å². The normalized spacial score (nSPS) is 17.4. The van der Waals surface area contributed by atoms with Gasteiger partial charge < -0.3 is 10.2 Å². The largest absolute Gasteiger partial charge is 0.481 e. The van der Waals surface area contributed by atoms with E-state index in [4.69, 9.17) is 17.3 Å². The third-order valence-corrected chi connectivity index (χ3v) is 4.72. The molecule has 1 saturated heterocycles. The van der Waals surface area contributed by atoms with Crippen LogP contribution in [0.5, 0.6) is 0 Å². The summed E-state index contributed by atoms with van der Waals surface area (Å²) in [5, 5.41) is 18.1. The highest BCUT2D eigenvalue weighted by Gasteiger charge is 2.40. The van der Waals surface area contributed by atoms with Crippen LogP contribution in [0.2, 0.25) is 0 Å². The maximum Gasteiger partial charge on any atom is 0.326 e. The van der Waals surface area contributed by atoms with E-state index in [1.807, 2.05) is 31.2 Å². The van der Waals surface area contributed by atoms with Crippen molar-refractivity contribution >= 4 is 52.2 Å². The summed E-state index contributed by atoms with van der Waals surface area (Å²) in [5.74, 6) is -2.91. The molecule has 2 rings (SSSR count). The number of thiocarbonyl (C=S) groups is 1. The quantitative estimate of drug-likeness (QED) is 0.591. The predicted molar refractivity (Wildman–Crippen MR) is 94.5 cm³/mol. The van der Waals surface area contributed by atoms with Crippen LogP contribution in [-0.4, -0.2) is 43.3 Å². The van der Waals surface area contributed by atoms with E-state index in [1.165, 1.54) is 0 Å². The average Bonchev–Trinajstić information content (AvgIpc) is 2.74. The molecule has 0 spiro atoms. The Morgan fingerprint density at radius 2 is 2.08 bits per heavy atom. The van der Waals surface area contributed by atoms with Crippen molar-refractivity contribution in [2.45, 2.75) is 25.8 Å². The number of aliphatic carboxylic acids is 2. The fraction of sp³-hybridized carbons (Fsp3) is 0.250. The molecule has 0 aliphatic carbocycles. The molecule has 1 aliphatic rings. The molecule has 1 aromatic rings. The summed E-state index contributed by atoms with van der Waals surface area (Å²) in [6.45, 7) is 1.93. The van der Waals surface area contributed by atoms with Crippen molar-refractivity contribution in [2.75, 3.05) is 0 Å². The van der Waals surface area contributed by atoms with E-state index in [0.29, 0.717) is 4.91 Å². The monoisotopic (exact) mass is 365 g/mol. The molecule has 8 heteroatoms. The zero-order chi connectivity index (χ0) is 17.9. The zero-order valence-electron chi connectivity index (χ0n) is 12.8. The Labute approximate surface area is 148 Å². The van der Waals surface area contributed by atoms with Crippen LogP contribution in [0.15, 0.2) is 29.2 Å². The first-order valence-corrected chi connectivity index (χ1v) is 8.30. The molecular formula is C16H15NO5S2. The molecule has 1 heterocycles. The SMILES string of the molecule is Cc1cccc(/C=C2\SC(=S)N([C@H](CCC(=O)O)C(=O)O)C2=O)c1. The van der Waals surface area contributed by atoms with E-state index in [0.717, 1.165) is 27.8 Å². The zero-order valence-corrected chi connectivity index (χ0v) is 14.4. The van der Waals surface area contributed by atoms with Gasteiger partial charge >= 0.3 is 11.9 Å². The van der Waals surface area contributed by atoms with Crippen LogP contribution in [-0.2, 0) is 14.4 Å². The highest BCUT2D eigenvalue weighted by Crippen LogP contribution is 2.35. The third-order valence-electron chi connectivity index (χ3n) is 3.39. The summed E-state index contributed by atoms with van der Waals surface area (Å²) in [6.07, 6.45) is 1.10. The van der Waals surface area contributed by atoms with Gasteiger partial charge in [-0.2, -0.15) is 0 Å². The number of carbonyl (C=O) groups excluding carboxylic acids is 1. The number of aryl methyl sites for hydroxylation is 1. The van der Waals surface area contributed by atoms with E-state index < -0.39 is 23.9 Å². The summed E-state index contributed by atoms with van der Waals surface area (Å²) >= 11 is 6.15. The van der Waals surface area contributed by atoms with Crippen molar-refractivity contribution in [3.05, 3.63) is 40.3 Å². The molecule has 1 amide bonds. The molecule has 0 radical (unpaired) electrons. The van der Waals surface area contributed by atoms with E-state index >= 15 is 0 Å². The van der Waals surface area contributed by atoms with Crippen LogP contribution in [0.3, 0.4) is 0 Å². The van der Waals surface area contributed by atoms with Crippen molar-refractivity contribution in [3.8, 4) is 0 Å². The van der Waals surface area contributed by atoms with Crippen molar-refractivity contribution < 1.29 is 24.6 Å². The highest BCUT2D eigenvalue weighted by molar-refractivity contribution is 8.26. The van der Waals surface area contributed by atoms with Crippen LogP contribution < -0.4 is 0 Å². The molecule has 2 N–H and O–H groups in total. The molecule has 1 aromatic carbocycles.